The normalized spacial score (nSPS) is 15.9. The summed E-state index contributed by atoms with van der Waals surface area (Å²) in [6, 6.07) is 15.6. The first-order chi connectivity index (χ1) is 15.1. The van der Waals surface area contributed by atoms with E-state index in [0.29, 0.717) is 24.5 Å². The number of fused-ring (bicyclic) bond motifs is 1. The zero-order valence-corrected chi connectivity index (χ0v) is 18.7. The number of hydrogen-bond acceptors (Lipinski definition) is 4. The van der Waals surface area contributed by atoms with Gasteiger partial charge < -0.3 is 14.4 Å². The third kappa shape index (κ3) is 5.00. The molecule has 2 heterocycles. The van der Waals surface area contributed by atoms with Crippen LogP contribution >= 0.6 is 11.6 Å². The highest BCUT2D eigenvalue weighted by atomic mass is 35.5. The van der Waals surface area contributed by atoms with E-state index in [-0.39, 0.29) is 12.0 Å². The SMILES string of the molecule is CCC(=O)N(Cc1cc2ccc(Cl)cc2nc1-c1ccc(OC)cc1)CC1CCCO1. The molecule has 0 bridgehead atoms. The van der Waals surface area contributed by atoms with Crippen LogP contribution in [0.15, 0.2) is 48.5 Å². The summed E-state index contributed by atoms with van der Waals surface area (Å²) >= 11 is 6.21. The largest absolute Gasteiger partial charge is 0.497 e. The minimum Gasteiger partial charge on any atom is -0.497 e. The van der Waals surface area contributed by atoms with Gasteiger partial charge in [-0.1, -0.05) is 24.6 Å². The van der Waals surface area contributed by atoms with Gasteiger partial charge in [0.1, 0.15) is 5.75 Å². The van der Waals surface area contributed by atoms with E-state index in [1.807, 2.05) is 54.3 Å². The van der Waals surface area contributed by atoms with E-state index in [1.165, 1.54) is 0 Å². The van der Waals surface area contributed by atoms with Crippen LogP contribution in [0, 0.1) is 0 Å². The molecule has 1 atom stereocenters. The van der Waals surface area contributed by atoms with Crippen molar-refractivity contribution in [1.82, 2.24) is 9.88 Å². The maximum Gasteiger partial charge on any atom is 0.222 e. The second kappa shape index (κ2) is 9.67. The fourth-order valence-corrected chi connectivity index (χ4v) is 4.19. The van der Waals surface area contributed by atoms with Gasteiger partial charge in [-0.2, -0.15) is 0 Å². The van der Waals surface area contributed by atoms with Gasteiger partial charge >= 0.3 is 0 Å². The molecule has 6 heteroatoms. The van der Waals surface area contributed by atoms with E-state index in [1.54, 1.807) is 7.11 Å². The minimum absolute atomic E-state index is 0.104. The van der Waals surface area contributed by atoms with Crippen LogP contribution in [0.3, 0.4) is 0 Å². The number of aromatic nitrogens is 1. The molecule has 1 aliphatic rings. The highest BCUT2D eigenvalue weighted by Crippen LogP contribution is 2.30. The van der Waals surface area contributed by atoms with Gasteiger partial charge in [-0.15, -0.1) is 0 Å². The van der Waals surface area contributed by atoms with E-state index in [9.17, 15) is 4.79 Å². The molecule has 2 aromatic carbocycles. The molecule has 1 aromatic heterocycles. The van der Waals surface area contributed by atoms with Crippen LogP contribution in [-0.2, 0) is 16.1 Å². The van der Waals surface area contributed by atoms with Crippen LogP contribution in [0.5, 0.6) is 5.75 Å². The first-order valence-electron chi connectivity index (χ1n) is 10.7. The summed E-state index contributed by atoms with van der Waals surface area (Å²) in [6.07, 6.45) is 2.61. The standard InChI is InChI=1S/C25H27ClN2O3/c1-3-24(29)28(16-22-5-4-12-31-22)15-19-13-18-6-9-20(26)14-23(18)27-25(19)17-7-10-21(30-2)11-8-17/h6-11,13-14,22H,3-5,12,15-16H2,1-2H3. The molecule has 3 aromatic rings. The van der Waals surface area contributed by atoms with Crippen molar-refractivity contribution >= 4 is 28.4 Å². The Balaban J connectivity index is 1.75. The lowest BCUT2D eigenvalue weighted by atomic mass is 10.0. The summed E-state index contributed by atoms with van der Waals surface area (Å²) < 4.78 is 11.1. The third-order valence-corrected chi connectivity index (χ3v) is 5.92. The van der Waals surface area contributed by atoms with Gasteiger partial charge in [-0.25, -0.2) is 4.98 Å². The minimum atomic E-state index is 0.104. The van der Waals surface area contributed by atoms with E-state index in [2.05, 4.69) is 6.07 Å². The van der Waals surface area contributed by atoms with E-state index < -0.39 is 0 Å². The molecular weight excluding hydrogens is 412 g/mol. The topological polar surface area (TPSA) is 51.7 Å². The van der Waals surface area contributed by atoms with Crippen LogP contribution in [0.1, 0.15) is 31.7 Å². The Labute approximate surface area is 187 Å². The molecule has 0 spiro atoms. The summed E-state index contributed by atoms with van der Waals surface area (Å²) in [6.45, 7) is 3.76. The molecule has 31 heavy (non-hydrogen) atoms. The van der Waals surface area contributed by atoms with E-state index >= 15 is 0 Å². The van der Waals surface area contributed by atoms with Crippen molar-refractivity contribution in [2.24, 2.45) is 0 Å². The average Bonchev–Trinajstić information content (AvgIpc) is 3.31. The molecular formula is C25H27ClN2O3. The molecule has 5 nitrogen and oxygen atoms in total. The van der Waals surface area contributed by atoms with Crippen molar-refractivity contribution in [3.05, 3.63) is 59.1 Å². The van der Waals surface area contributed by atoms with E-state index in [4.69, 9.17) is 26.1 Å². The molecule has 1 fully saturated rings. The zero-order chi connectivity index (χ0) is 21.8. The average molecular weight is 439 g/mol. The van der Waals surface area contributed by atoms with Gasteiger partial charge in [0.15, 0.2) is 0 Å². The van der Waals surface area contributed by atoms with Gasteiger partial charge in [0.2, 0.25) is 5.91 Å². The maximum absolute atomic E-state index is 12.8. The van der Waals surface area contributed by atoms with Crippen molar-refractivity contribution in [3.8, 4) is 17.0 Å². The van der Waals surface area contributed by atoms with Gasteiger partial charge in [0.05, 0.1) is 24.4 Å². The second-order valence-corrected chi connectivity index (χ2v) is 8.26. The third-order valence-electron chi connectivity index (χ3n) is 5.69. The summed E-state index contributed by atoms with van der Waals surface area (Å²) in [5, 5.41) is 1.65. The zero-order valence-electron chi connectivity index (χ0n) is 17.9. The van der Waals surface area contributed by atoms with Gasteiger partial charge in [-0.3, -0.25) is 4.79 Å². The Hall–Kier alpha value is -2.63. The van der Waals surface area contributed by atoms with Gasteiger partial charge in [0.25, 0.3) is 0 Å². The predicted octanol–water partition coefficient (Wildman–Crippen LogP) is 5.48. The summed E-state index contributed by atoms with van der Waals surface area (Å²) in [5.74, 6) is 0.905. The number of amides is 1. The molecule has 1 saturated heterocycles. The number of hydrogen-bond donors (Lipinski definition) is 0. The Morgan fingerprint density at radius 1 is 1.23 bits per heavy atom. The Kier molecular flexibility index (Phi) is 6.73. The fourth-order valence-electron chi connectivity index (χ4n) is 4.02. The molecule has 162 valence electrons. The van der Waals surface area contributed by atoms with E-state index in [0.717, 1.165) is 52.9 Å². The number of pyridine rings is 1. The quantitative estimate of drug-likeness (QED) is 0.490. The van der Waals surface area contributed by atoms with Crippen LogP contribution < -0.4 is 4.74 Å². The fraction of sp³-hybridized carbons (Fsp3) is 0.360. The number of carbonyl (C=O) groups is 1. The molecule has 0 saturated carbocycles. The number of benzene rings is 2. The van der Waals surface area contributed by atoms with Crippen molar-refractivity contribution in [2.75, 3.05) is 20.3 Å². The van der Waals surface area contributed by atoms with Gasteiger partial charge in [0, 0.05) is 42.1 Å². The van der Waals surface area contributed by atoms with Gasteiger partial charge in [-0.05, 0) is 60.9 Å². The molecule has 0 N–H and O–H groups in total. The molecule has 4 rings (SSSR count). The first-order valence-corrected chi connectivity index (χ1v) is 11.1. The molecule has 1 unspecified atom stereocenters. The smallest absolute Gasteiger partial charge is 0.222 e. The van der Waals surface area contributed by atoms with Crippen LogP contribution in [0.25, 0.3) is 22.2 Å². The number of rotatable bonds is 7. The predicted molar refractivity (Wildman–Crippen MR) is 123 cm³/mol. The first kappa shape index (κ1) is 21.6. The summed E-state index contributed by atoms with van der Waals surface area (Å²) in [5.41, 5.74) is 3.65. The van der Waals surface area contributed by atoms with Crippen LogP contribution in [0.2, 0.25) is 5.02 Å². The van der Waals surface area contributed by atoms with Crippen molar-refractivity contribution in [1.29, 1.82) is 0 Å². The van der Waals surface area contributed by atoms with Crippen molar-refractivity contribution < 1.29 is 14.3 Å². The lowest BCUT2D eigenvalue weighted by Gasteiger charge is -2.26. The molecule has 0 radical (unpaired) electrons. The monoisotopic (exact) mass is 438 g/mol. The van der Waals surface area contributed by atoms with Crippen LogP contribution in [-0.4, -0.2) is 42.2 Å². The van der Waals surface area contributed by atoms with Crippen LogP contribution in [0.4, 0.5) is 0 Å². The maximum atomic E-state index is 12.8. The highest BCUT2D eigenvalue weighted by Gasteiger charge is 2.23. The molecule has 1 aliphatic heterocycles. The number of methoxy groups -OCH3 is 1. The summed E-state index contributed by atoms with van der Waals surface area (Å²) in [4.78, 5) is 19.6. The lowest BCUT2D eigenvalue weighted by molar-refractivity contribution is -0.133. The van der Waals surface area contributed by atoms with Crippen molar-refractivity contribution in [3.63, 3.8) is 0 Å². The number of ether oxygens (including phenoxy) is 2. The molecule has 1 amide bonds. The molecule has 0 aliphatic carbocycles. The number of nitrogens with zero attached hydrogens (tertiary/aromatic N) is 2. The Morgan fingerprint density at radius 2 is 2.03 bits per heavy atom. The lowest BCUT2D eigenvalue weighted by Crippen LogP contribution is -2.36. The van der Waals surface area contributed by atoms with Crippen molar-refractivity contribution in [2.45, 2.75) is 38.8 Å². The highest BCUT2D eigenvalue weighted by molar-refractivity contribution is 6.31. The Morgan fingerprint density at radius 3 is 2.71 bits per heavy atom. The number of halogens is 1. The number of carbonyl (C=O) groups excluding carboxylic acids is 1. The summed E-state index contributed by atoms with van der Waals surface area (Å²) in [7, 11) is 1.65. The Bertz CT molecular complexity index is 1060. The second-order valence-electron chi connectivity index (χ2n) is 7.82.